The summed E-state index contributed by atoms with van der Waals surface area (Å²) in [7, 11) is 0. The summed E-state index contributed by atoms with van der Waals surface area (Å²) >= 11 is 0. The number of carbonyl (C=O) groups is 1. The van der Waals surface area contributed by atoms with Crippen molar-refractivity contribution in [3.63, 3.8) is 0 Å². The molecule has 0 aliphatic heterocycles. The standard InChI is InChI=1S/C7H12O2/c8-6-5-7(9)3-1-2-4-7/h6,9H,1-5H2. The number of hydrogen-bond acceptors (Lipinski definition) is 2. The van der Waals surface area contributed by atoms with Crippen LogP contribution in [-0.2, 0) is 4.79 Å². The molecule has 0 radical (unpaired) electrons. The Hall–Kier alpha value is -0.370. The fraction of sp³-hybridized carbons (Fsp3) is 0.857. The second-order valence-electron chi connectivity index (χ2n) is 2.80. The summed E-state index contributed by atoms with van der Waals surface area (Å²) in [6.45, 7) is 0. The molecule has 1 aliphatic rings. The van der Waals surface area contributed by atoms with Crippen LogP contribution in [0.1, 0.15) is 32.1 Å². The summed E-state index contributed by atoms with van der Waals surface area (Å²) in [5, 5.41) is 9.46. The van der Waals surface area contributed by atoms with Gasteiger partial charge in [0.05, 0.1) is 5.60 Å². The van der Waals surface area contributed by atoms with E-state index in [1.807, 2.05) is 0 Å². The highest BCUT2D eigenvalue weighted by Crippen LogP contribution is 2.31. The minimum absolute atomic E-state index is 0.326. The predicted octanol–water partition coefficient (Wildman–Crippen LogP) is 0.881. The third-order valence-electron chi connectivity index (χ3n) is 2.00. The number of aldehydes is 1. The number of hydrogen-bond donors (Lipinski definition) is 1. The molecule has 0 amide bonds. The molecule has 0 saturated heterocycles. The van der Waals surface area contributed by atoms with Crippen LogP contribution in [0.4, 0.5) is 0 Å². The number of carbonyl (C=O) groups excluding carboxylic acids is 1. The Kier molecular flexibility index (Phi) is 1.86. The second kappa shape index (κ2) is 2.48. The van der Waals surface area contributed by atoms with E-state index in [1.54, 1.807) is 0 Å². The predicted molar refractivity (Wildman–Crippen MR) is 34.1 cm³/mol. The van der Waals surface area contributed by atoms with E-state index in [2.05, 4.69) is 0 Å². The Labute approximate surface area is 54.9 Å². The molecule has 0 heterocycles. The molecule has 0 unspecified atom stereocenters. The molecule has 2 heteroatoms. The van der Waals surface area contributed by atoms with Gasteiger partial charge < -0.3 is 9.90 Å². The van der Waals surface area contributed by atoms with Gasteiger partial charge in [-0.25, -0.2) is 0 Å². The van der Waals surface area contributed by atoms with Gasteiger partial charge in [0, 0.05) is 6.42 Å². The average Bonchev–Trinajstić information content (AvgIpc) is 2.16. The molecular formula is C7H12O2. The van der Waals surface area contributed by atoms with Gasteiger partial charge in [0.25, 0.3) is 0 Å². The van der Waals surface area contributed by atoms with Gasteiger partial charge in [0.2, 0.25) is 0 Å². The van der Waals surface area contributed by atoms with E-state index >= 15 is 0 Å². The van der Waals surface area contributed by atoms with Crippen LogP contribution < -0.4 is 0 Å². The Bertz CT molecular complexity index is 103. The van der Waals surface area contributed by atoms with Crippen molar-refractivity contribution < 1.29 is 9.90 Å². The molecule has 2 nitrogen and oxygen atoms in total. The third-order valence-corrected chi connectivity index (χ3v) is 2.00. The van der Waals surface area contributed by atoms with Gasteiger partial charge >= 0.3 is 0 Å². The smallest absolute Gasteiger partial charge is 0.122 e. The lowest BCUT2D eigenvalue weighted by Gasteiger charge is -2.17. The second-order valence-corrected chi connectivity index (χ2v) is 2.80. The highest BCUT2D eigenvalue weighted by molar-refractivity contribution is 5.51. The molecule has 0 aromatic heterocycles. The maximum atomic E-state index is 10.0. The molecule has 9 heavy (non-hydrogen) atoms. The van der Waals surface area contributed by atoms with Crippen LogP contribution in [0.25, 0.3) is 0 Å². The lowest BCUT2D eigenvalue weighted by Crippen LogP contribution is -2.23. The highest BCUT2D eigenvalue weighted by Gasteiger charge is 2.29. The highest BCUT2D eigenvalue weighted by atomic mass is 16.3. The third kappa shape index (κ3) is 1.52. The summed E-state index contributed by atoms with van der Waals surface area (Å²) in [4.78, 5) is 10.0. The maximum absolute atomic E-state index is 10.0. The maximum Gasteiger partial charge on any atom is 0.122 e. The quantitative estimate of drug-likeness (QED) is 0.560. The summed E-state index contributed by atoms with van der Waals surface area (Å²) < 4.78 is 0. The van der Waals surface area contributed by atoms with Gasteiger partial charge in [0.15, 0.2) is 0 Å². The zero-order chi connectivity index (χ0) is 6.74. The average molecular weight is 128 g/mol. The Morgan fingerprint density at radius 3 is 2.44 bits per heavy atom. The number of aliphatic hydroxyl groups is 1. The van der Waals surface area contributed by atoms with E-state index in [4.69, 9.17) is 0 Å². The summed E-state index contributed by atoms with van der Waals surface area (Å²) in [5.41, 5.74) is -0.623. The van der Waals surface area contributed by atoms with E-state index in [1.165, 1.54) is 0 Å². The summed E-state index contributed by atoms with van der Waals surface area (Å²) in [6.07, 6.45) is 4.91. The molecule has 0 spiro atoms. The van der Waals surface area contributed by atoms with Crippen molar-refractivity contribution in [1.29, 1.82) is 0 Å². The van der Waals surface area contributed by atoms with E-state index in [0.29, 0.717) is 6.42 Å². The molecule has 52 valence electrons. The van der Waals surface area contributed by atoms with Crippen LogP contribution in [0.5, 0.6) is 0 Å². The SMILES string of the molecule is O=CCC1(O)CCCC1. The van der Waals surface area contributed by atoms with Crippen LogP contribution in [0, 0.1) is 0 Å². The molecular weight excluding hydrogens is 116 g/mol. The molecule has 1 aliphatic carbocycles. The van der Waals surface area contributed by atoms with Crippen LogP contribution in [-0.4, -0.2) is 17.0 Å². The molecule has 0 bridgehead atoms. The minimum atomic E-state index is -0.623. The monoisotopic (exact) mass is 128 g/mol. The molecule has 1 saturated carbocycles. The lowest BCUT2D eigenvalue weighted by atomic mass is 9.99. The molecule has 0 aromatic carbocycles. The Morgan fingerprint density at radius 1 is 1.44 bits per heavy atom. The van der Waals surface area contributed by atoms with E-state index < -0.39 is 5.60 Å². The van der Waals surface area contributed by atoms with Gasteiger partial charge in [-0.2, -0.15) is 0 Å². The molecule has 1 N–H and O–H groups in total. The fourth-order valence-electron chi connectivity index (χ4n) is 1.39. The van der Waals surface area contributed by atoms with Crippen molar-refractivity contribution in [2.75, 3.05) is 0 Å². The topological polar surface area (TPSA) is 37.3 Å². The van der Waals surface area contributed by atoms with Crippen molar-refractivity contribution in [2.45, 2.75) is 37.7 Å². The van der Waals surface area contributed by atoms with Crippen molar-refractivity contribution in [1.82, 2.24) is 0 Å². The largest absolute Gasteiger partial charge is 0.389 e. The fourth-order valence-corrected chi connectivity index (χ4v) is 1.39. The van der Waals surface area contributed by atoms with Crippen molar-refractivity contribution in [2.24, 2.45) is 0 Å². The molecule has 1 fully saturated rings. The first-order chi connectivity index (χ1) is 4.27. The van der Waals surface area contributed by atoms with Gasteiger partial charge in [-0.3, -0.25) is 0 Å². The Morgan fingerprint density at radius 2 is 2.00 bits per heavy atom. The molecule has 1 rings (SSSR count). The van der Waals surface area contributed by atoms with Crippen LogP contribution in [0.3, 0.4) is 0 Å². The summed E-state index contributed by atoms with van der Waals surface area (Å²) in [6, 6.07) is 0. The minimum Gasteiger partial charge on any atom is -0.389 e. The van der Waals surface area contributed by atoms with Crippen LogP contribution >= 0.6 is 0 Å². The van der Waals surface area contributed by atoms with Crippen LogP contribution in [0.15, 0.2) is 0 Å². The lowest BCUT2D eigenvalue weighted by molar-refractivity contribution is -0.112. The zero-order valence-electron chi connectivity index (χ0n) is 5.47. The normalized spacial score (nSPS) is 24.1. The zero-order valence-corrected chi connectivity index (χ0v) is 5.47. The summed E-state index contributed by atoms with van der Waals surface area (Å²) in [5.74, 6) is 0. The first-order valence-corrected chi connectivity index (χ1v) is 3.43. The van der Waals surface area contributed by atoms with Crippen molar-refractivity contribution >= 4 is 6.29 Å². The van der Waals surface area contributed by atoms with Gasteiger partial charge in [-0.15, -0.1) is 0 Å². The molecule has 0 atom stereocenters. The number of rotatable bonds is 2. The van der Waals surface area contributed by atoms with Gasteiger partial charge in [0.1, 0.15) is 6.29 Å². The van der Waals surface area contributed by atoms with E-state index in [-0.39, 0.29) is 0 Å². The van der Waals surface area contributed by atoms with Crippen molar-refractivity contribution in [3.8, 4) is 0 Å². The van der Waals surface area contributed by atoms with E-state index in [9.17, 15) is 9.90 Å². The van der Waals surface area contributed by atoms with Gasteiger partial charge in [-0.05, 0) is 12.8 Å². The van der Waals surface area contributed by atoms with E-state index in [0.717, 1.165) is 32.0 Å². The first kappa shape index (κ1) is 6.75. The van der Waals surface area contributed by atoms with Crippen molar-refractivity contribution in [3.05, 3.63) is 0 Å². The van der Waals surface area contributed by atoms with Gasteiger partial charge in [-0.1, -0.05) is 12.8 Å². The molecule has 0 aromatic rings. The van der Waals surface area contributed by atoms with Crippen LogP contribution in [0.2, 0.25) is 0 Å². The first-order valence-electron chi connectivity index (χ1n) is 3.43. The Balaban J connectivity index is 2.40.